The molecule has 0 amide bonds. The van der Waals surface area contributed by atoms with Gasteiger partial charge in [0.25, 0.3) is 0 Å². The van der Waals surface area contributed by atoms with Crippen molar-refractivity contribution >= 4 is 11.6 Å². The molecule has 3 rings (SSSR count). The number of hydrogen-bond donors (Lipinski definition) is 0. The van der Waals surface area contributed by atoms with E-state index in [4.69, 9.17) is 16.3 Å². The van der Waals surface area contributed by atoms with Gasteiger partial charge in [0.2, 0.25) is 0 Å². The number of ether oxygens (including phenoxy) is 1. The van der Waals surface area contributed by atoms with Crippen LogP contribution in [0.4, 0.5) is 0 Å². The third-order valence-electron chi connectivity index (χ3n) is 4.26. The van der Waals surface area contributed by atoms with Crippen LogP contribution in [0.15, 0.2) is 42.5 Å². The molecule has 0 spiro atoms. The molecule has 0 radical (unpaired) electrons. The number of methoxy groups -OCH3 is 1. The average Bonchev–Trinajstić information content (AvgIpc) is 2.67. The van der Waals surface area contributed by atoms with Crippen molar-refractivity contribution in [1.82, 2.24) is 4.90 Å². The van der Waals surface area contributed by atoms with E-state index in [9.17, 15) is 0 Å². The molecule has 1 unspecified atom stereocenters. The summed E-state index contributed by atoms with van der Waals surface area (Å²) in [6, 6.07) is 14.7. The molecular formula is C18H20ClNO. The zero-order valence-corrected chi connectivity index (χ0v) is 13.2. The fraction of sp³-hybridized carbons (Fsp3) is 0.333. The van der Waals surface area contributed by atoms with Crippen LogP contribution < -0.4 is 4.74 Å². The second-order valence-corrected chi connectivity index (χ2v) is 6.12. The van der Waals surface area contributed by atoms with E-state index in [1.807, 2.05) is 12.1 Å². The number of fused-ring (bicyclic) bond motifs is 1. The predicted molar refractivity (Wildman–Crippen MR) is 87.5 cm³/mol. The van der Waals surface area contributed by atoms with E-state index in [0.29, 0.717) is 5.92 Å². The lowest BCUT2D eigenvalue weighted by Crippen LogP contribution is -2.24. The minimum Gasteiger partial charge on any atom is -0.497 e. The van der Waals surface area contributed by atoms with Gasteiger partial charge in [-0.3, -0.25) is 0 Å². The number of rotatable bonds is 2. The van der Waals surface area contributed by atoms with Crippen molar-refractivity contribution in [3.05, 3.63) is 64.2 Å². The highest BCUT2D eigenvalue weighted by Crippen LogP contribution is 2.33. The Kier molecular flexibility index (Phi) is 4.18. The van der Waals surface area contributed by atoms with E-state index in [1.165, 1.54) is 16.7 Å². The maximum atomic E-state index is 6.03. The van der Waals surface area contributed by atoms with Crippen molar-refractivity contribution in [2.75, 3.05) is 27.2 Å². The van der Waals surface area contributed by atoms with Gasteiger partial charge in [-0.1, -0.05) is 29.8 Å². The molecule has 0 saturated carbocycles. The first-order chi connectivity index (χ1) is 10.2. The van der Waals surface area contributed by atoms with Crippen LogP contribution in [0.5, 0.6) is 5.75 Å². The molecule has 0 N–H and O–H groups in total. The summed E-state index contributed by atoms with van der Waals surface area (Å²) < 4.78 is 5.42. The maximum Gasteiger partial charge on any atom is 0.119 e. The summed E-state index contributed by atoms with van der Waals surface area (Å²) in [5.74, 6) is 1.29. The molecule has 110 valence electrons. The Hall–Kier alpha value is -1.51. The average molecular weight is 302 g/mol. The summed E-state index contributed by atoms with van der Waals surface area (Å²) in [5.41, 5.74) is 4.10. The van der Waals surface area contributed by atoms with Gasteiger partial charge in [0.15, 0.2) is 0 Å². The molecule has 1 aliphatic heterocycles. The smallest absolute Gasteiger partial charge is 0.119 e. The van der Waals surface area contributed by atoms with Crippen molar-refractivity contribution in [2.45, 2.75) is 12.3 Å². The second-order valence-electron chi connectivity index (χ2n) is 5.68. The van der Waals surface area contributed by atoms with E-state index in [2.05, 4.69) is 42.3 Å². The Labute approximate surface area is 131 Å². The Bertz CT molecular complexity index is 624. The number of likely N-dealkylation sites (N-methyl/N-ethyl adjacent to an activating group) is 1. The summed E-state index contributed by atoms with van der Waals surface area (Å²) in [5, 5.41) is 0.784. The molecule has 21 heavy (non-hydrogen) atoms. The van der Waals surface area contributed by atoms with E-state index in [-0.39, 0.29) is 0 Å². The molecule has 2 nitrogen and oxygen atoms in total. The zero-order valence-electron chi connectivity index (χ0n) is 12.5. The number of nitrogens with zero attached hydrogens (tertiary/aromatic N) is 1. The van der Waals surface area contributed by atoms with Gasteiger partial charge in [-0.15, -0.1) is 0 Å². The summed E-state index contributed by atoms with van der Waals surface area (Å²) in [7, 11) is 3.91. The normalized spacial score (nSPS) is 18.9. The number of halogens is 1. The topological polar surface area (TPSA) is 12.5 Å². The Morgan fingerprint density at radius 2 is 1.90 bits per heavy atom. The molecule has 0 aliphatic carbocycles. The molecule has 0 saturated heterocycles. The summed E-state index contributed by atoms with van der Waals surface area (Å²) in [6.07, 6.45) is 1.08. The molecular weight excluding hydrogens is 282 g/mol. The van der Waals surface area contributed by atoms with E-state index in [0.717, 1.165) is 30.3 Å². The highest BCUT2D eigenvalue weighted by Gasteiger charge is 2.23. The molecule has 2 aromatic carbocycles. The molecule has 1 heterocycles. The first-order valence-electron chi connectivity index (χ1n) is 7.28. The minimum atomic E-state index is 0.361. The Balaban J connectivity index is 2.07. The minimum absolute atomic E-state index is 0.361. The van der Waals surface area contributed by atoms with Gasteiger partial charge in [0.1, 0.15) is 5.75 Å². The highest BCUT2D eigenvalue weighted by atomic mass is 35.5. The zero-order chi connectivity index (χ0) is 14.8. The van der Waals surface area contributed by atoms with Gasteiger partial charge in [-0.05, 0) is 54.4 Å². The van der Waals surface area contributed by atoms with Crippen LogP contribution in [0.1, 0.15) is 22.6 Å². The summed E-state index contributed by atoms with van der Waals surface area (Å²) >= 11 is 6.03. The van der Waals surface area contributed by atoms with Crippen LogP contribution in [0.3, 0.4) is 0 Å². The summed E-state index contributed by atoms with van der Waals surface area (Å²) in [4.78, 5) is 2.39. The van der Waals surface area contributed by atoms with Gasteiger partial charge in [0.05, 0.1) is 7.11 Å². The first-order valence-corrected chi connectivity index (χ1v) is 7.66. The summed E-state index contributed by atoms with van der Waals surface area (Å²) in [6.45, 7) is 2.10. The fourth-order valence-corrected chi connectivity index (χ4v) is 3.17. The molecule has 0 fully saturated rings. The van der Waals surface area contributed by atoms with Crippen LogP contribution in [0, 0.1) is 0 Å². The fourth-order valence-electron chi connectivity index (χ4n) is 3.04. The van der Waals surface area contributed by atoms with Crippen LogP contribution in [-0.4, -0.2) is 32.1 Å². The number of hydrogen-bond acceptors (Lipinski definition) is 2. The quantitative estimate of drug-likeness (QED) is 0.832. The monoisotopic (exact) mass is 301 g/mol. The van der Waals surface area contributed by atoms with Gasteiger partial charge >= 0.3 is 0 Å². The largest absolute Gasteiger partial charge is 0.497 e. The third-order valence-corrected chi connectivity index (χ3v) is 4.51. The van der Waals surface area contributed by atoms with Gasteiger partial charge in [0, 0.05) is 24.0 Å². The third kappa shape index (κ3) is 3.07. The van der Waals surface area contributed by atoms with Crippen molar-refractivity contribution in [1.29, 1.82) is 0 Å². The van der Waals surface area contributed by atoms with Crippen LogP contribution in [-0.2, 0) is 6.42 Å². The van der Waals surface area contributed by atoms with Crippen molar-refractivity contribution in [2.24, 2.45) is 0 Å². The molecule has 2 aromatic rings. The Morgan fingerprint density at radius 1 is 1.14 bits per heavy atom. The molecule has 3 heteroatoms. The van der Waals surface area contributed by atoms with Gasteiger partial charge in [-0.25, -0.2) is 0 Å². The highest BCUT2D eigenvalue weighted by molar-refractivity contribution is 6.30. The standard InChI is InChI=1S/C18H20ClNO/c1-20-10-9-14-5-8-16(21-2)11-17(14)18(12-20)13-3-6-15(19)7-4-13/h3-8,11,18H,9-10,12H2,1-2H3. The molecule has 0 aromatic heterocycles. The van der Waals surface area contributed by atoms with Crippen molar-refractivity contribution in [3.63, 3.8) is 0 Å². The van der Waals surface area contributed by atoms with E-state index < -0.39 is 0 Å². The van der Waals surface area contributed by atoms with Crippen LogP contribution in [0.25, 0.3) is 0 Å². The molecule has 0 bridgehead atoms. The van der Waals surface area contributed by atoms with Gasteiger partial charge < -0.3 is 9.64 Å². The van der Waals surface area contributed by atoms with E-state index in [1.54, 1.807) is 7.11 Å². The van der Waals surface area contributed by atoms with Crippen molar-refractivity contribution in [3.8, 4) is 5.75 Å². The SMILES string of the molecule is COc1ccc2c(c1)C(c1ccc(Cl)cc1)CN(C)CC2. The lowest BCUT2D eigenvalue weighted by Gasteiger charge is -2.22. The van der Waals surface area contributed by atoms with Crippen LogP contribution >= 0.6 is 11.6 Å². The first kappa shape index (κ1) is 14.4. The number of benzene rings is 2. The maximum absolute atomic E-state index is 6.03. The van der Waals surface area contributed by atoms with Crippen LogP contribution in [0.2, 0.25) is 5.02 Å². The van der Waals surface area contributed by atoms with E-state index >= 15 is 0 Å². The molecule has 1 atom stereocenters. The lowest BCUT2D eigenvalue weighted by atomic mass is 9.88. The second kappa shape index (κ2) is 6.08. The molecule has 1 aliphatic rings. The lowest BCUT2D eigenvalue weighted by molar-refractivity contribution is 0.338. The van der Waals surface area contributed by atoms with Gasteiger partial charge in [-0.2, -0.15) is 0 Å². The predicted octanol–water partition coefficient (Wildman–Crippen LogP) is 3.97. The van der Waals surface area contributed by atoms with Crippen molar-refractivity contribution < 1.29 is 4.74 Å². The Morgan fingerprint density at radius 3 is 2.62 bits per heavy atom.